The lowest BCUT2D eigenvalue weighted by Gasteiger charge is -2.37. The van der Waals surface area contributed by atoms with Crippen molar-refractivity contribution in [2.24, 2.45) is 5.92 Å². The molecule has 1 aromatic rings. The summed E-state index contributed by atoms with van der Waals surface area (Å²) >= 11 is 0. The number of anilines is 1. The number of fused-ring (bicyclic) bond motifs is 1. The van der Waals surface area contributed by atoms with Gasteiger partial charge in [0.25, 0.3) is 0 Å². The quantitative estimate of drug-likeness (QED) is 0.793. The van der Waals surface area contributed by atoms with Gasteiger partial charge in [-0.3, -0.25) is 14.5 Å². The number of piperidine rings is 1. The predicted octanol–water partition coefficient (Wildman–Crippen LogP) is 1.56. The third kappa shape index (κ3) is 4.98. The van der Waals surface area contributed by atoms with Crippen molar-refractivity contribution in [1.82, 2.24) is 15.1 Å². The summed E-state index contributed by atoms with van der Waals surface area (Å²) < 4.78 is 0. The Balaban J connectivity index is 0.00000140. The van der Waals surface area contributed by atoms with E-state index in [0.717, 1.165) is 70.8 Å². The van der Waals surface area contributed by atoms with Crippen molar-refractivity contribution >= 4 is 42.3 Å². The number of carbonyl (C=O) groups is 2. The van der Waals surface area contributed by atoms with Gasteiger partial charge in [-0.1, -0.05) is 18.2 Å². The van der Waals surface area contributed by atoms with Crippen molar-refractivity contribution < 1.29 is 9.59 Å². The first-order valence-electron chi connectivity index (χ1n) is 9.82. The largest absolute Gasteiger partial charge is 0.340 e. The summed E-state index contributed by atoms with van der Waals surface area (Å²) in [7, 11) is 0. The average Bonchev–Trinajstić information content (AvgIpc) is 3.13. The van der Waals surface area contributed by atoms with Crippen LogP contribution in [0.3, 0.4) is 0 Å². The summed E-state index contributed by atoms with van der Waals surface area (Å²) in [6.45, 7) is 6.11. The second-order valence-corrected chi connectivity index (χ2v) is 7.57. The van der Waals surface area contributed by atoms with Crippen LogP contribution >= 0.6 is 24.8 Å². The van der Waals surface area contributed by atoms with E-state index >= 15 is 0 Å². The zero-order valence-corrected chi connectivity index (χ0v) is 17.8. The second kappa shape index (κ2) is 10.4. The molecule has 4 rings (SSSR count). The van der Waals surface area contributed by atoms with Gasteiger partial charge in [0.05, 0.1) is 12.5 Å². The van der Waals surface area contributed by atoms with Gasteiger partial charge in [-0.15, -0.1) is 24.8 Å². The summed E-state index contributed by atoms with van der Waals surface area (Å²) in [6, 6.07) is 8.17. The first-order chi connectivity index (χ1) is 12.7. The number of benzene rings is 1. The van der Waals surface area contributed by atoms with Gasteiger partial charge in [-0.2, -0.15) is 0 Å². The highest BCUT2D eigenvalue weighted by molar-refractivity contribution is 5.96. The summed E-state index contributed by atoms with van der Waals surface area (Å²) in [5.41, 5.74) is 2.33. The van der Waals surface area contributed by atoms with Crippen molar-refractivity contribution in [3.63, 3.8) is 0 Å². The van der Waals surface area contributed by atoms with Crippen LogP contribution in [0, 0.1) is 5.92 Å². The van der Waals surface area contributed by atoms with Crippen molar-refractivity contribution in [3.8, 4) is 0 Å². The number of halogens is 2. The fourth-order valence-corrected chi connectivity index (χ4v) is 4.32. The molecule has 0 saturated carbocycles. The monoisotopic (exact) mass is 428 g/mol. The van der Waals surface area contributed by atoms with Crippen LogP contribution in [0.1, 0.15) is 18.4 Å². The van der Waals surface area contributed by atoms with Gasteiger partial charge in [0, 0.05) is 45.0 Å². The fourth-order valence-electron chi connectivity index (χ4n) is 4.32. The van der Waals surface area contributed by atoms with E-state index in [-0.39, 0.29) is 42.5 Å². The Bertz CT molecular complexity index is 674. The van der Waals surface area contributed by atoms with E-state index in [1.807, 2.05) is 28.0 Å². The number of rotatable bonds is 3. The molecule has 2 amide bonds. The van der Waals surface area contributed by atoms with E-state index in [4.69, 9.17) is 0 Å². The Hall–Kier alpha value is -1.34. The summed E-state index contributed by atoms with van der Waals surface area (Å²) in [6.07, 6.45) is 3.03. The van der Waals surface area contributed by atoms with Gasteiger partial charge < -0.3 is 15.1 Å². The fraction of sp³-hybridized carbons (Fsp3) is 0.600. The first-order valence-corrected chi connectivity index (χ1v) is 9.82. The molecular weight excluding hydrogens is 399 g/mol. The van der Waals surface area contributed by atoms with E-state index in [2.05, 4.69) is 16.3 Å². The molecule has 156 valence electrons. The van der Waals surface area contributed by atoms with Crippen LogP contribution < -0.4 is 10.2 Å². The Kier molecular flexibility index (Phi) is 8.56. The van der Waals surface area contributed by atoms with Crippen LogP contribution in [0.15, 0.2) is 24.3 Å². The molecule has 0 aromatic heterocycles. The normalized spacial score (nSPS) is 22.1. The maximum atomic E-state index is 12.7. The van der Waals surface area contributed by atoms with Gasteiger partial charge in [-0.25, -0.2) is 0 Å². The lowest BCUT2D eigenvalue weighted by Crippen LogP contribution is -2.53. The minimum atomic E-state index is 0. The number of nitrogens with zero attached hydrogens (tertiary/aromatic N) is 3. The Labute approximate surface area is 179 Å². The Morgan fingerprint density at radius 3 is 2.50 bits per heavy atom. The molecule has 0 aliphatic carbocycles. The van der Waals surface area contributed by atoms with Gasteiger partial charge in [-0.05, 0) is 37.4 Å². The Morgan fingerprint density at radius 2 is 1.79 bits per heavy atom. The molecule has 0 radical (unpaired) electrons. The molecule has 3 heterocycles. The molecule has 0 bridgehead atoms. The number of piperazine rings is 1. The Morgan fingerprint density at radius 1 is 1.04 bits per heavy atom. The minimum Gasteiger partial charge on any atom is -0.340 e. The SMILES string of the molecule is Cl.Cl.O=C(C1CCCNC1)N1CCN(CC(=O)N2CCc3ccccc32)CC1. The topological polar surface area (TPSA) is 55.9 Å². The number of carbonyl (C=O) groups excluding carboxylic acids is 2. The molecular formula is C20H30Cl2N4O2. The van der Waals surface area contributed by atoms with Crippen molar-refractivity contribution in [2.75, 3.05) is 57.3 Å². The predicted molar refractivity (Wildman–Crippen MR) is 116 cm³/mol. The van der Waals surface area contributed by atoms with Crippen LogP contribution in [0.2, 0.25) is 0 Å². The molecule has 28 heavy (non-hydrogen) atoms. The molecule has 1 N–H and O–H groups in total. The summed E-state index contributed by atoms with van der Waals surface area (Å²) in [5.74, 6) is 0.598. The van der Waals surface area contributed by atoms with E-state index in [1.54, 1.807) is 0 Å². The van der Waals surface area contributed by atoms with Crippen molar-refractivity contribution in [1.29, 1.82) is 0 Å². The average molecular weight is 429 g/mol. The number of amides is 2. The lowest BCUT2D eigenvalue weighted by molar-refractivity contribution is -0.138. The smallest absolute Gasteiger partial charge is 0.241 e. The highest BCUT2D eigenvalue weighted by Gasteiger charge is 2.30. The van der Waals surface area contributed by atoms with Crippen LogP contribution in [0.5, 0.6) is 0 Å². The van der Waals surface area contributed by atoms with Gasteiger partial charge in [0.1, 0.15) is 0 Å². The molecule has 8 heteroatoms. The number of hydrogen-bond donors (Lipinski definition) is 1. The van der Waals surface area contributed by atoms with E-state index < -0.39 is 0 Å². The number of para-hydroxylation sites is 1. The molecule has 1 aromatic carbocycles. The molecule has 2 saturated heterocycles. The molecule has 2 fully saturated rings. The number of nitrogens with one attached hydrogen (secondary N) is 1. The third-order valence-corrected chi connectivity index (χ3v) is 5.88. The third-order valence-electron chi connectivity index (χ3n) is 5.88. The molecule has 0 spiro atoms. The molecule has 3 aliphatic heterocycles. The van der Waals surface area contributed by atoms with Crippen molar-refractivity contribution in [3.05, 3.63) is 29.8 Å². The maximum Gasteiger partial charge on any atom is 0.241 e. The zero-order valence-electron chi connectivity index (χ0n) is 16.1. The van der Waals surface area contributed by atoms with Gasteiger partial charge >= 0.3 is 0 Å². The molecule has 6 nitrogen and oxygen atoms in total. The van der Waals surface area contributed by atoms with Gasteiger partial charge in [0.15, 0.2) is 0 Å². The zero-order chi connectivity index (χ0) is 17.9. The highest BCUT2D eigenvalue weighted by Crippen LogP contribution is 2.27. The van der Waals surface area contributed by atoms with Crippen molar-refractivity contribution in [2.45, 2.75) is 19.3 Å². The minimum absolute atomic E-state index is 0. The highest BCUT2D eigenvalue weighted by atomic mass is 35.5. The summed E-state index contributed by atoms with van der Waals surface area (Å²) in [5, 5.41) is 3.32. The van der Waals surface area contributed by atoms with Gasteiger partial charge in [0.2, 0.25) is 11.8 Å². The van der Waals surface area contributed by atoms with Crippen LogP contribution in [0.4, 0.5) is 5.69 Å². The molecule has 1 unspecified atom stereocenters. The lowest BCUT2D eigenvalue weighted by atomic mass is 9.98. The molecule has 3 aliphatic rings. The first kappa shape index (κ1) is 22.9. The van der Waals surface area contributed by atoms with Crippen LogP contribution in [0.25, 0.3) is 0 Å². The summed E-state index contributed by atoms with van der Waals surface area (Å²) in [4.78, 5) is 31.4. The van der Waals surface area contributed by atoms with E-state index in [1.165, 1.54) is 5.56 Å². The second-order valence-electron chi connectivity index (χ2n) is 7.57. The standard InChI is InChI=1S/C20H28N4O2.2ClH/c25-19(24-9-7-16-4-1-2-6-18(16)24)15-22-10-12-23(13-11-22)20(26)17-5-3-8-21-14-17;;/h1-2,4,6,17,21H,3,5,7-15H2;2*1H. The van der Waals surface area contributed by atoms with Crippen LogP contribution in [-0.4, -0.2) is 74.0 Å². The van der Waals surface area contributed by atoms with E-state index in [0.29, 0.717) is 6.54 Å². The maximum absolute atomic E-state index is 12.7. The molecule has 1 atom stereocenters. The van der Waals surface area contributed by atoms with E-state index in [9.17, 15) is 9.59 Å². The number of hydrogen-bond acceptors (Lipinski definition) is 4. The van der Waals surface area contributed by atoms with Crippen LogP contribution in [-0.2, 0) is 16.0 Å².